The molecule has 0 radical (unpaired) electrons. The second kappa shape index (κ2) is 6.85. The summed E-state index contributed by atoms with van der Waals surface area (Å²) in [5.41, 5.74) is 0. The minimum atomic E-state index is -0.697. The summed E-state index contributed by atoms with van der Waals surface area (Å²) in [5.74, 6) is 3.47. The zero-order chi connectivity index (χ0) is 6.57. The minimum absolute atomic E-state index is 0. The van der Waals surface area contributed by atoms with Crippen molar-refractivity contribution >= 4 is 11.8 Å². The van der Waals surface area contributed by atoms with E-state index in [2.05, 4.69) is 10.7 Å². The summed E-state index contributed by atoms with van der Waals surface area (Å²) in [7, 11) is 0. The summed E-state index contributed by atoms with van der Waals surface area (Å²) in [5, 5.41) is 0. The van der Waals surface area contributed by atoms with Crippen molar-refractivity contribution in [3.8, 4) is 0 Å². The molecule has 0 aliphatic rings. The van der Waals surface area contributed by atoms with Crippen molar-refractivity contribution in [3.63, 3.8) is 0 Å². The van der Waals surface area contributed by atoms with Gasteiger partial charge >= 0.3 is 57.4 Å². The molecule has 9 heavy (non-hydrogen) atoms. The van der Waals surface area contributed by atoms with Crippen molar-refractivity contribution in [3.05, 3.63) is 0 Å². The van der Waals surface area contributed by atoms with E-state index in [1.54, 1.807) is 0 Å². The molecule has 0 rings (SSSR count). The third-order valence-corrected chi connectivity index (χ3v) is 0.525. The summed E-state index contributed by atoms with van der Waals surface area (Å²) in [6.45, 7) is 1.29. The van der Waals surface area contributed by atoms with E-state index in [-0.39, 0.29) is 65.0 Å². The van der Waals surface area contributed by atoms with E-state index in [0.717, 1.165) is 0 Å². The Morgan fingerprint density at radius 3 is 2.22 bits per heavy atom. The van der Waals surface area contributed by atoms with Crippen LogP contribution < -0.4 is 57.3 Å². The number of rotatable bonds is 2. The first-order valence-electron chi connectivity index (χ1n) is 2.06. The first kappa shape index (κ1) is 12.4. The largest absolute Gasteiger partial charge is 1.00 e. The Labute approximate surface area is 97.0 Å². The molecular formula is C4H8KNO3. The Hall–Kier alpha value is 0.736. The quantitative estimate of drug-likeness (QED) is 0.256. The van der Waals surface area contributed by atoms with Crippen molar-refractivity contribution in [2.45, 2.75) is 13.3 Å². The number of Topliss-reactive ketones (excluding diaryl/α,β-unsaturated/α-hetero) is 1. The predicted molar refractivity (Wildman–Crippen MR) is 26.7 cm³/mol. The second-order valence-corrected chi connectivity index (χ2v) is 1.37. The SMILES string of the molecule is CC(=O)CC(=O)ON.[H-].[K+]. The first-order valence-corrected chi connectivity index (χ1v) is 2.06. The molecule has 0 aromatic carbocycles. The number of carbonyl (C=O) groups is 2. The van der Waals surface area contributed by atoms with Crippen molar-refractivity contribution in [1.29, 1.82) is 0 Å². The predicted octanol–water partition coefficient (Wildman–Crippen LogP) is -3.50. The van der Waals surface area contributed by atoms with E-state index < -0.39 is 5.97 Å². The standard InChI is InChI=1S/C4H7NO3.K.H/c1-3(6)2-4(7)8-5;;/h2,5H2,1H3;;/q;+1;-1. The van der Waals surface area contributed by atoms with Crippen LogP contribution in [-0.4, -0.2) is 11.8 Å². The molecule has 0 atom stereocenters. The van der Waals surface area contributed by atoms with Gasteiger partial charge in [-0.3, -0.25) is 4.79 Å². The van der Waals surface area contributed by atoms with Gasteiger partial charge < -0.3 is 6.26 Å². The summed E-state index contributed by atoms with van der Waals surface area (Å²) >= 11 is 0. The fraction of sp³-hybridized carbons (Fsp3) is 0.500. The molecule has 0 heterocycles. The minimum Gasteiger partial charge on any atom is -1.00 e. The van der Waals surface area contributed by atoms with Crippen LogP contribution in [0.25, 0.3) is 0 Å². The van der Waals surface area contributed by atoms with Crippen LogP contribution in [0.4, 0.5) is 0 Å². The first-order chi connectivity index (χ1) is 3.66. The van der Waals surface area contributed by atoms with E-state index in [9.17, 15) is 9.59 Å². The fourth-order valence-corrected chi connectivity index (χ4v) is 0.245. The van der Waals surface area contributed by atoms with Crippen LogP contribution in [-0.2, 0) is 14.4 Å². The van der Waals surface area contributed by atoms with Gasteiger partial charge in [-0.25, -0.2) is 4.79 Å². The third-order valence-electron chi connectivity index (χ3n) is 0.525. The summed E-state index contributed by atoms with van der Waals surface area (Å²) in [4.78, 5) is 23.8. The van der Waals surface area contributed by atoms with Gasteiger partial charge in [0.1, 0.15) is 12.2 Å². The number of hydrogen-bond donors (Lipinski definition) is 1. The Balaban J connectivity index is -0.000000245. The molecule has 0 aromatic heterocycles. The van der Waals surface area contributed by atoms with E-state index >= 15 is 0 Å². The molecule has 48 valence electrons. The Morgan fingerprint density at radius 2 is 2.11 bits per heavy atom. The van der Waals surface area contributed by atoms with Crippen LogP contribution in [0.15, 0.2) is 0 Å². The normalized spacial score (nSPS) is 7.33. The number of carbonyl (C=O) groups excluding carboxylic acids is 2. The van der Waals surface area contributed by atoms with Crippen LogP contribution in [0.2, 0.25) is 0 Å². The molecule has 4 nitrogen and oxygen atoms in total. The maximum Gasteiger partial charge on any atom is 1.00 e. The Bertz CT molecular complexity index is 119. The molecule has 5 heteroatoms. The molecule has 0 aliphatic heterocycles. The second-order valence-electron chi connectivity index (χ2n) is 1.37. The molecule has 0 saturated heterocycles. The summed E-state index contributed by atoms with van der Waals surface area (Å²) in [6.07, 6.45) is -0.240. The number of ketones is 1. The molecule has 2 N–H and O–H groups in total. The van der Waals surface area contributed by atoms with E-state index in [0.29, 0.717) is 0 Å². The van der Waals surface area contributed by atoms with E-state index in [4.69, 9.17) is 0 Å². The van der Waals surface area contributed by atoms with Gasteiger partial charge in [-0.1, -0.05) is 0 Å². The smallest absolute Gasteiger partial charge is 1.00 e. The van der Waals surface area contributed by atoms with Gasteiger partial charge in [0, 0.05) is 0 Å². The molecule has 0 amide bonds. The molecule has 0 unspecified atom stereocenters. The van der Waals surface area contributed by atoms with Crippen molar-refractivity contribution in [1.82, 2.24) is 0 Å². The van der Waals surface area contributed by atoms with Crippen LogP contribution in [0.3, 0.4) is 0 Å². The fourth-order valence-electron chi connectivity index (χ4n) is 0.245. The topological polar surface area (TPSA) is 69.4 Å². The van der Waals surface area contributed by atoms with E-state index in [1.165, 1.54) is 6.92 Å². The molecule has 0 spiro atoms. The third kappa shape index (κ3) is 8.74. The monoisotopic (exact) mass is 157 g/mol. The molecule has 0 saturated carbocycles. The van der Waals surface area contributed by atoms with Gasteiger partial charge in [0.2, 0.25) is 0 Å². The van der Waals surface area contributed by atoms with Gasteiger partial charge in [0.05, 0.1) is 0 Å². The summed E-state index contributed by atoms with van der Waals surface area (Å²) < 4.78 is 0. The van der Waals surface area contributed by atoms with Crippen LogP contribution in [0.1, 0.15) is 14.8 Å². The van der Waals surface area contributed by atoms with Gasteiger partial charge in [0.25, 0.3) is 0 Å². The number of nitrogens with two attached hydrogens (primary N) is 1. The van der Waals surface area contributed by atoms with Crippen LogP contribution >= 0.6 is 0 Å². The Morgan fingerprint density at radius 1 is 1.67 bits per heavy atom. The maximum atomic E-state index is 10.1. The van der Waals surface area contributed by atoms with Crippen molar-refractivity contribution in [2.24, 2.45) is 5.90 Å². The molecule has 0 fully saturated rings. The zero-order valence-electron chi connectivity index (χ0n) is 6.51. The van der Waals surface area contributed by atoms with Crippen LogP contribution in [0.5, 0.6) is 0 Å². The molecule has 0 aromatic rings. The van der Waals surface area contributed by atoms with Crippen LogP contribution in [0, 0.1) is 0 Å². The summed E-state index contributed by atoms with van der Waals surface area (Å²) in [6, 6.07) is 0. The Kier molecular flexibility index (Phi) is 9.45. The average Bonchev–Trinajstić information content (AvgIpc) is 1.65. The molecule has 0 aliphatic carbocycles. The zero-order valence-corrected chi connectivity index (χ0v) is 8.63. The molecular weight excluding hydrogens is 149 g/mol. The maximum absolute atomic E-state index is 10.1. The number of hydrogen-bond acceptors (Lipinski definition) is 4. The molecule has 0 bridgehead atoms. The average molecular weight is 157 g/mol. The van der Waals surface area contributed by atoms with Gasteiger partial charge in [0.15, 0.2) is 0 Å². The van der Waals surface area contributed by atoms with Gasteiger partial charge in [-0.05, 0) is 6.92 Å². The van der Waals surface area contributed by atoms with Gasteiger partial charge in [-0.2, -0.15) is 5.90 Å². The van der Waals surface area contributed by atoms with E-state index in [1.807, 2.05) is 0 Å². The van der Waals surface area contributed by atoms with Crippen molar-refractivity contribution < 1.29 is 67.2 Å². The van der Waals surface area contributed by atoms with Crippen molar-refractivity contribution in [2.75, 3.05) is 0 Å². The van der Waals surface area contributed by atoms with Gasteiger partial charge in [-0.15, -0.1) is 0 Å².